The molecule has 10 heteroatoms. The van der Waals surface area contributed by atoms with Crippen molar-refractivity contribution in [1.29, 1.82) is 0 Å². The second-order valence-electron chi connectivity index (χ2n) is 9.65. The Kier molecular flexibility index (Phi) is 5.92. The fraction of sp³-hybridized carbons (Fsp3) is 0.435. The van der Waals surface area contributed by atoms with Gasteiger partial charge in [-0.15, -0.1) is 0 Å². The molecule has 2 aromatic heterocycles. The normalized spacial score (nSPS) is 17.1. The number of H-pyrrole nitrogens is 1. The van der Waals surface area contributed by atoms with Crippen molar-refractivity contribution in [2.24, 2.45) is 5.92 Å². The van der Waals surface area contributed by atoms with Crippen LogP contribution in [0, 0.1) is 5.92 Å². The molecule has 9 nitrogen and oxygen atoms in total. The van der Waals surface area contributed by atoms with Crippen molar-refractivity contribution in [2.45, 2.75) is 32.6 Å². The lowest BCUT2D eigenvalue weighted by molar-refractivity contribution is 0.452. The van der Waals surface area contributed by atoms with Crippen LogP contribution in [0.1, 0.15) is 33.0 Å². The van der Waals surface area contributed by atoms with E-state index >= 15 is 0 Å². The average molecular weight is 472 g/mol. The minimum atomic E-state index is -3.21. The van der Waals surface area contributed by atoms with Crippen LogP contribution >= 0.6 is 0 Å². The second kappa shape index (κ2) is 8.42. The molecule has 0 radical (unpaired) electrons. The molecule has 0 unspecified atom stereocenters. The van der Waals surface area contributed by atoms with Gasteiger partial charge in [0.15, 0.2) is 5.88 Å². The summed E-state index contributed by atoms with van der Waals surface area (Å²) in [6, 6.07) is 8.89. The third-order valence-electron chi connectivity index (χ3n) is 5.79. The van der Waals surface area contributed by atoms with E-state index in [9.17, 15) is 18.3 Å². The second-order valence-corrected chi connectivity index (χ2v) is 11.5. The third kappa shape index (κ3) is 5.17. The molecule has 4 rings (SSSR count). The van der Waals surface area contributed by atoms with Crippen LogP contribution in [0.5, 0.6) is 5.88 Å². The predicted molar refractivity (Wildman–Crippen MR) is 129 cm³/mol. The molecule has 0 aliphatic carbocycles. The summed E-state index contributed by atoms with van der Waals surface area (Å²) < 4.78 is 25.4. The Morgan fingerprint density at radius 2 is 1.97 bits per heavy atom. The SMILES string of the molecule is CC(C)(C)c1nc(-c2ccc(O)[nH]c2=O)c2ccc(N3CC[C@H](CNS(C)(=O)=O)C3)cc2n1. The van der Waals surface area contributed by atoms with E-state index in [2.05, 4.69) is 14.6 Å². The number of sulfonamides is 1. The number of anilines is 1. The van der Waals surface area contributed by atoms with Crippen LogP contribution in [-0.4, -0.2) is 54.4 Å². The van der Waals surface area contributed by atoms with Gasteiger partial charge in [0.25, 0.3) is 5.56 Å². The van der Waals surface area contributed by atoms with Gasteiger partial charge in [-0.2, -0.15) is 0 Å². The number of benzene rings is 1. The van der Waals surface area contributed by atoms with Crippen molar-refractivity contribution in [1.82, 2.24) is 19.7 Å². The molecule has 1 aromatic carbocycles. The van der Waals surface area contributed by atoms with Crippen LogP contribution in [0.25, 0.3) is 22.2 Å². The summed E-state index contributed by atoms with van der Waals surface area (Å²) in [6.07, 6.45) is 2.07. The molecule has 1 aliphatic rings. The highest BCUT2D eigenvalue weighted by atomic mass is 32.2. The summed E-state index contributed by atoms with van der Waals surface area (Å²) in [7, 11) is -3.21. The zero-order valence-electron chi connectivity index (χ0n) is 19.2. The molecule has 1 saturated heterocycles. The molecule has 0 bridgehead atoms. The smallest absolute Gasteiger partial charge is 0.260 e. The Morgan fingerprint density at radius 3 is 2.64 bits per heavy atom. The standard InChI is InChI=1S/C23H29N5O4S/c1-23(2,3)22-25-18-11-15(28-10-9-14(13-28)12-24-33(4,31)32)5-6-16(18)20(27-22)17-7-8-19(29)26-21(17)30/h5-8,11,14,24H,9-10,12-13H2,1-4H3,(H2,26,29,30)/t14-/m1/s1. The molecule has 1 atom stereocenters. The first-order valence-electron chi connectivity index (χ1n) is 10.9. The summed E-state index contributed by atoms with van der Waals surface area (Å²) in [6.45, 7) is 8.04. The van der Waals surface area contributed by atoms with Gasteiger partial charge in [0.2, 0.25) is 10.0 Å². The number of hydrogen-bond acceptors (Lipinski definition) is 7. The van der Waals surface area contributed by atoms with E-state index in [0.29, 0.717) is 23.6 Å². The molecule has 0 spiro atoms. The van der Waals surface area contributed by atoms with Crippen LogP contribution in [-0.2, 0) is 15.4 Å². The fourth-order valence-corrected chi connectivity index (χ4v) is 4.55. The Morgan fingerprint density at radius 1 is 1.21 bits per heavy atom. The van der Waals surface area contributed by atoms with Gasteiger partial charge in [0.1, 0.15) is 5.82 Å². The highest BCUT2D eigenvalue weighted by Crippen LogP contribution is 2.32. The van der Waals surface area contributed by atoms with E-state index < -0.39 is 15.6 Å². The minimum Gasteiger partial charge on any atom is -0.495 e. The van der Waals surface area contributed by atoms with Crippen LogP contribution in [0.4, 0.5) is 5.69 Å². The maximum absolute atomic E-state index is 12.6. The highest BCUT2D eigenvalue weighted by Gasteiger charge is 2.25. The van der Waals surface area contributed by atoms with E-state index in [-0.39, 0.29) is 17.2 Å². The van der Waals surface area contributed by atoms with Gasteiger partial charge in [-0.05, 0) is 42.7 Å². The fourth-order valence-electron chi connectivity index (χ4n) is 4.01. The number of rotatable bonds is 5. The molecule has 3 heterocycles. The Balaban J connectivity index is 1.74. The summed E-state index contributed by atoms with van der Waals surface area (Å²) in [5, 5.41) is 10.4. The number of aromatic hydroxyl groups is 1. The minimum absolute atomic E-state index is 0.200. The van der Waals surface area contributed by atoms with Crippen molar-refractivity contribution in [3.63, 3.8) is 0 Å². The number of pyridine rings is 1. The lowest BCUT2D eigenvalue weighted by Gasteiger charge is -2.21. The maximum Gasteiger partial charge on any atom is 0.260 e. The molecular formula is C23H29N5O4S. The summed E-state index contributed by atoms with van der Waals surface area (Å²) >= 11 is 0. The van der Waals surface area contributed by atoms with Gasteiger partial charge < -0.3 is 10.0 Å². The van der Waals surface area contributed by atoms with Crippen molar-refractivity contribution >= 4 is 26.6 Å². The van der Waals surface area contributed by atoms with Gasteiger partial charge in [-0.3, -0.25) is 9.78 Å². The molecule has 0 saturated carbocycles. The van der Waals surface area contributed by atoms with Gasteiger partial charge in [0, 0.05) is 36.1 Å². The highest BCUT2D eigenvalue weighted by molar-refractivity contribution is 7.88. The number of nitrogens with one attached hydrogen (secondary N) is 2. The van der Waals surface area contributed by atoms with Gasteiger partial charge in [-0.25, -0.2) is 23.1 Å². The van der Waals surface area contributed by atoms with Crippen molar-refractivity contribution in [3.8, 4) is 17.1 Å². The van der Waals surface area contributed by atoms with E-state index in [0.717, 1.165) is 36.1 Å². The Bertz CT molecular complexity index is 1360. The third-order valence-corrected chi connectivity index (χ3v) is 6.48. The summed E-state index contributed by atoms with van der Waals surface area (Å²) in [4.78, 5) is 26.7. The van der Waals surface area contributed by atoms with Gasteiger partial charge in [-0.1, -0.05) is 20.8 Å². The summed E-state index contributed by atoms with van der Waals surface area (Å²) in [5.74, 6) is 0.651. The summed E-state index contributed by atoms with van der Waals surface area (Å²) in [5.41, 5.74) is 1.86. The van der Waals surface area contributed by atoms with Crippen molar-refractivity contribution in [2.75, 3.05) is 30.8 Å². The predicted octanol–water partition coefficient (Wildman–Crippen LogP) is 2.36. The van der Waals surface area contributed by atoms with Crippen LogP contribution in [0.3, 0.4) is 0 Å². The quantitative estimate of drug-likeness (QED) is 0.521. The van der Waals surface area contributed by atoms with E-state index in [4.69, 9.17) is 9.97 Å². The van der Waals surface area contributed by atoms with E-state index in [1.54, 1.807) is 6.07 Å². The van der Waals surface area contributed by atoms with Crippen LogP contribution in [0.15, 0.2) is 35.1 Å². The first-order chi connectivity index (χ1) is 15.4. The molecule has 176 valence electrons. The molecular weight excluding hydrogens is 442 g/mol. The zero-order chi connectivity index (χ0) is 24.0. The monoisotopic (exact) mass is 471 g/mol. The van der Waals surface area contributed by atoms with Gasteiger partial charge in [0.05, 0.1) is 23.0 Å². The molecule has 3 N–H and O–H groups in total. The lowest BCUT2D eigenvalue weighted by atomic mass is 9.94. The molecule has 1 fully saturated rings. The van der Waals surface area contributed by atoms with Crippen LogP contribution in [0.2, 0.25) is 0 Å². The first-order valence-corrected chi connectivity index (χ1v) is 12.7. The van der Waals surface area contributed by atoms with E-state index in [1.165, 1.54) is 12.3 Å². The largest absolute Gasteiger partial charge is 0.495 e. The number of aromatic amines is 1. The molecule has 33 heavy (non-hydrogen) atoms. The molecule has 0 amide bonds. The average Bonchev–Trinajstić information content (AvgIpc) is 3.19. The zero-order valence-corrected chi connectivity index (χ0v) is 20.0. The van der Waals surface area contributed by atoms with Crippen molar-refractivity contribution in [3.05, 3.63) is 46.5 Å². The maximum atomic E-state index is 12.6. The number of aromatic nitrogens is 3. The first kappa shape index (κ1) is 23.2. The molecule has 1 aliphatic heterocycles. The van der Waals surface area contributed by atoms with E-state index in [1.807, 2.05) is 39.0 Å². The molecule has 3 aromatic rings. The van der Waals surface area contributed by atoms with Crippen molar-refractivity contribution < 1.29 is 13.5 Å². The topological polar surface area (TPSA) is 128 Å². The Hall–Kier alpha value is -2.98. The number of hydrogen-bond donors (Lipinski definition) is 3. The number of fused-ring (bicyclic) bond motifs is 1. The number of nitrogens with zero attached hydrogens (tertiary/aromatic N) is 3. The lowest BCUT2D eigenvalue weighted by Crippen LogP contribution is -2.30. The van der Waals surface area contributed by atoms with Crippen LogP contribution < -0.4 is 15.2 Å². The Labute approximate surface area is 192 Å². The van der Waals surface area contributed by atoms with Gasteiger partial charge >= 0.3 is 0 Å².